The summed E-state index contributed by atoms with van der Waals surface area (Å²) in [6.45, 7) is 4.11. The topological polar surface area (TPSA) is 21.3 Å². The first-order chi connectivity index (χ1) is 8.83. The van der Waals surface area contributed by atoms with E-state index in [1.807, 2.05) is 0 Å². The first-order valence-corrected chi connectivity index (χ1v) is 7.25. The third-order valence-corrected chi connectivity index (χ3v) is 4.13. The highest BCUT2D eigenvalue weighted by molar-refractivity contribution is 5.31. The van der Waals surface area contributed by atoms with Crippen LogP contribution in [0.15, 0.2) is 24.3 Å². The van der Waals surface area contributed by atoms with E-state index in [4.69, 9.17) is 4.74 Å². The van der Waals surface area contributed by atoms with E-state index in [1.165, 1.54) is 30.4 Å². The number of fused-ring (bicyclic) bond motifs is 1. The molecule has 1 saturated carbocycles. The SMILES string of the molecule is CC(CC1CC1)NCC1OCCc2ccccc21. The van der Waals surface area contributed by atoms with Crippen LogP contribution in [0.3, 0.4) is 0 Å². The van der Waals surface area contributed by atoms with Crippen LogP contribution in [-0.4, -0.2) is 19.2 Å². The molecule has 1 fully saturated rings. The van der Waals surface area contributed by atoms with Gasteiger partial charge in [0.1, 0.15) is 0 Å². The van der Waals surface area contributed by atoms with Crippen LogP contribution in [0.4, 0.5) is 0 Å². The van der Waals surface area contributed by atoms with E-state index in [0.29, 0.717) is 6.04 Å². The maximum Gasteiger partial charge on any atom is 0.0952 e. The molecule has 2 unspecified atom stereocenters. The lowest BCUT2D eigenvalue weighted by molar-refractivity contribution is 0.0407. The average molecular weight is 245 g/mol. The van der Waals surface area contributed by atoms with Crippen molar-refractivity contribution in [1.82, 2.24) is 5.32 Å². The minimum atomic E-state index is 0.247. The molecular formula is C16H23NO. The highest BCUT2D eigenvalue weighted by Crippen LogP contribution is 2.33. The molecule has 1 aliphatic carbocycles. The van der Waals surface area contributed by atoms with Gasteiger partial charge in [-0.15, -0.1) is 0 Å². The second-order valence-electron chi connectivity index (χ2n) is 5.80. The summed E-state index contributed by atoms with van der Waals surface area (Å²) in [5.74, 6) is 0.993. The van der Waals surface area contributed by atoms with E-state index in [0.717, 1.165) is 25.5 Å². The lowest BCUT2D eigenvalue weighted by Crippen LogP contribution is -2.33. The van der Waals surface area contributed by atoms with Crippen LogP contribution in [0.5, 0.6) is 0 Å². The van der Waals surface area contributed by atoms with Crippen molar-refractivity contribution in [3.63, 3.8) is 0 Å². The number of benzene rings is 1. The summed E-state index contributed by atoms with van der Waals surface area (Å²) in [7, 11) is 0. The number of hydrogen-bond donors (Lipinski definition) is 1. The summed E-state index contributed by atoms with van der Waals surface area (Å²) in [5, 5.41) is 3.64. The lowest BCUT2D eigenvalue weighted by Gasteiger charge is -2.27. The monoisotopic (exact) mass is 245 g/mol. The predicted molar refractivity (Wildman–Crippen MR) is 73.6 cm³/mol. The molecule has 2 aliphatic rings. The van der Waals surface area contributed by atoms with Crippen molar-refractivity contribution in [2.45, 2.75) is 44.8 Å². The zero-order valence-electron chi connectivity index (χ0n) is 11.2. The second-order valence-corrected chi connectivity index (χ2v) is 5.80. The van der Waals surface area contributed by atoms with Crippen molar-refractivity contribution in [3.05, 3.63) is 35.4 Å². The Bertz CT molecular complexity index is 400. The van der Waals surface area contributed by atoms with E-state index in [2.05, 4.69) is 36.5 Å². The molecule has 0 bridgehead atoms. The van der Waals surface area contributed by atoms with Gasteiger partial charge in [0.05, 0.1) is 12.7 Å². The van der Waals surface area contributed by atoms with Crippen molar-refractivity contribution >= 4 is 0 Å². The summed E-state index contributed by atoms with van der Waals surface area (Å²) < 4.78 is 5.91. The van der Waals surface area contributed by atoms with Crippen LogP contribution in [0, 0.1) is 5.92 Å². The van der Waals surface area contributed by atoms with Crippen molar-refractivity contribution in [1.29, 1.82) is 0 Å². The number of ether oxygens (including phenoxy) is 1. The quantitative estimate of drug-likeness (QED) is 0.860. The van der Waals surface area contributed by atoms with E-state index in [1.54, 1.807) is 0 Å². The van der Waals surface area contributed by atoms with Crippen LogP contribution < -0.4 is 5.32 Å². The van der Waals surface area contributed by atoms with Crippen LogP contribution >= 0.6 is 0 Å². The number of hydrogen-bond acceptors (Lipinski definition) is 2. The highest BCUT2D eigenvalue weighted by atomic mass is 16.5. The molecule has 1 N–H and O–H groups in total. The Morgan fingerprint density at radius 3 is 3.00 bits per heavy atom. The van der Waals surface area contributed by atoms with Gasteiger partial charge in [-0.3, -0.25) is 0 Å². The molecule has 1 aromatic carbocycles. The second kappa shape index (κ2) is 5.41. The van der Waals surface area contributed by atoms with Gasteiger partial charge in [0.15, 0.2) is 0 Å². The summed E-state index contributed by atoms with van der Waals surface area (Å²) in [6.07, 6.45) is 5.51. The first kappa shape index (κ1) is 12.2. The summed E-state index contributed by atoms with van der Waals surface area (Å²) in [6, 6.07) is 9.32. The van der Waals surface area contributed by atoms with E-state index in [-0.39, 0.29) is 6.10 Å². The van der Waals surface area contributed by atoms with Gasteiger partial charge in [-0.25, -0.2) is 0 Å². The lowest BCUT2D eigenvalue weighted by atomic mass is 9.97. The molecule has 0 amide bonds. The molecule has 2 atom stereocenters. The van der Waals surface area contributed by atoms with Gasteiger partial charge in [-0.1, -0.05) is 37.1 Å². The largest absolute Gasteiger partial charge is 0.372 e. The zero-order valence-corrected chi connectivity index (χ0v) is 11.2. The molecule has 0 aromatic heterocycles. The third-order valence-electron chi connectivity index (χ3n) is 4.13. The Morgan fingerprint density at radius 1 is 1.33 bits per heavy atom. The Balaban J connectivity index is 1.56. The molecule has 1 heterocycles. The Hall–Kier alpha value is -0.860. The summed E-state index contributed by atoms with van der Waals surface area (Å²) in [5.41, 5.74) is 2.85. The Labute approximate surface area is 110 Å². The van der Waals surface area contributed by atoms with Gasteiger partial charge >= 0.3 is 0 Å². The smallest absolute Gasteiger partial charge is 0.0952 e. The van der Waals surface area contributed by atoms with Gasteiger partial charge in [0, 0.05) is 12.6 Å². The molecule has 1 aliphatic heterocycles. The fourth-order valence-corrected chi connectivity index (χ4v) is 2.89. The van der Waals surface area contributed by atoms with Gasteiger partial charge < -0.3 is 10.1 Å². The summed E-state index contributed by atoms with van der Waals surface area (Å²) >= 11 is 0. The van der Waals surface area contributed by atoms with Crippen LogP contribution in [0.25, 0.3) is 0 Å². The number of nitrogens with one attached hydrogen (secondary N) is 1. The van der Waals surface area contributed by atoms with E-state index >= 15 is 0 Å². The van der Waals surface area contributed by atoms with Crippen LogP contribution in [0.1, 0.15) is 43.4 Å². The predicted octanol–water partition coefficient (Wildman–Crippen LogP) is 3.08. The van der Waals surface area contributed by atoms with Crippen molar-refractivity contribution < 1.29 is 4.74 Å². The standard InChI is InChI=1S/C16H23NO/c1-12(10-13-6-7-13)17-11-16-15-5-3-2-4-14(15)8-9-18-16/h2-5,12-13,16-17H,6-11H2,1H3. The molecular weight excluding hydrogens is 222 g/mol. The zero-order chi connectivity index (χ0) is 12.4. The highest BCUT2D eigenvalue weighted by Gasteiger charge is 2.25. The van der Waals surface area contributed by atoms with Crippen molar-refractivity contribution in [3.8, 4) is 0 Å². The van der Waals surface area contributed by atoms with Crippen LogP contribution in [-0.2, 0) is 11.2 Å². The van der Waals surface area contributed by atoms with Gasteiger partial charge in [-0.2, -0.15) is 0 Å². The molecule has 0 spiro atoms. The van der Waals surface area contributed by atoms with E-state index in [9.17, 15) is 0 Å². The van der Waals surface area contributed by atoms with Gasteiger partial charge in [0.25, 0.3) is 0 Å². The van der Waals surface area contributed by atoms with Crippen molar-refractivity contribution in [2.24, 2.45) is 5.92 Å². The average Bonchev–Trinajstić information content (AvgIpc) is 3.20. The van der Waals surface area contributed by atoms with Crippen molar-refractivity contribution in [2.75, 3.05) is 13.2 Å². The fourth-order valence-electron chi connectivity index (χ4n) is 2.89. The first-order valence-electron chi connectivity index (χ1n) is 7.25. The maximum absolute atomic E-state index is 5.91. The normalized spacial score (nSPS) is 24.6. The maximum atomic E-state index is 5.91. The molecule has 1 aromatic rings. The minimum absolute atomic E-state index is 0.247. The van der Waals surface area contributed by atoms with Crippen LogP contribution in [0.2, 0.25) is 0 Å². The minimum Gasteiger partial charge on any atom is -0.372 e. The molecule has 2 nitrogen and oxygen atoms in total. The Morgan fingerprint density at radius 2 is 2.17 bits per heavy atom. The Kier molecular flexibility index (Phi) is 3.67. The molecule has 98 valence electrons. The van der Waals surface area contributed by atoms with Gasteiger partial charge in [-0.05, 0) is 36.8 Å². The third kappa shape index (κ3) is 2.93. The van der Waals surface area contributed by atoms with E-state index < -0.39 is 0 Å². The molecule has 18 heavy (non-hydrogen) atoms. The number of rotatable bonds is 5. The molecule has 3 rings (SSSR count). The summed E-state index contributed by atoms with van der Waals surface area (Å²) in [4.78, 5) is 0. The van der Waals surface area contributed by atoms with Gasteiger partial charge in [0.2, 0.25) is 0 Å². The molecule has 0 saturated heterocycles. The fraction of sp³-hybridized carbons (Fsp3) is 0.625. The molecule has 2 heteroatoms. The molecule has 0 radical (unpaired) electrons.